The second kappa shape index (κ2) is 4.46. The van der Waals surface area contributed by atoms with E-state index in [9.17, 15) is 4.79 Å². The van der Waals surface area contributed by atoms with Crippen LogP contribution in [0.25, 0.3) is 0 Å². The summed E-state index contributed by atoms with van der Waals surface area (Å²) in [7, 11) is 0. The second-order valence-electron chi connectivity index (χ2n) is 5.15. The van der Waals surface area contributed by atoms with Crippen molar-refractivity contribution in [3.8, 4) is 0 Å². The summed E-state index contributed by atoms with van der Waals surface area (Å²) in [5.74, 6) is 2.76. The van der Waals surface area contributed by atoms with Gasteiger partial charge in [-0.2, -0.15) is 0 Å². The predicted molar refractivity (Wildman–Crippen MR) is 58.1 cm³/mol. The molecule has 0 aromatic carbocycles. The Morgan fingerprint density at radius 2 is 1.86 bits per heavy atom. The van der Waals surface area contributed by atoms with Crippen molar-refractivity contribution in [1.82, 2.24) is 0 Å². The highest BCUT2D eigenvalue weighted by molar-refractivity contribution is 5.83. The van der Waals surface area contributed by atoms with Crippen molar-refractivity contribution < 1.29 is 4.79 Å². The van der Waals surface area contributed by atoms with Gasteiger partial charge >= 0.3 is 0 Å². The monoisotopic (exact) mass is 194 g/mol. The third-order valence-electron chi connectivity index (χ3n) is 4.39. The van der Waals surface area contributed by atoms with Gasteiger partial charge in [-0.1, -0.05) is 26.2 Å². The fraction of sp³-hybridized carbons (Fsp3) is 0.923. The summed E-state index contributed by atoms with van der Waals surface area (Å²) in [4.78, 5) is 11.6. The van der Waals surface area contributed by atoms with E-state index in [0.29, 0.717) is 11.7 Å². The third kappa shape index (κ3) is 2.02. The van der Waals surface area contributed by atoms with E-state index in [1.165, 1.54) is 38.5 Å². The number of rotatable bonds is 2. The highest BCUT2D eigenvalue weighted by Gasteiger charge is 2.33. The van der Waals surface area contributed by atoms with Gasteiger partial charge in [0.25, 0.3) is 0 Å². The lowest BCUT2D eigenvalue weighted by Crippen LogP contribution is -2.24. The summed E-state index contributed by atoms with van der Waals surface area (Å²) in [6, 6.07) is 0. The maximum atomic E-state index is 11.6. The Hall–Kier alpha value is -0.330. The Morgan fingerprint density at radius 3 is 2.36 bits per heavy atom. The van der Waals surface area contributed by atoms with Crippen molar-refractivity contribution in [3.05, 3.63) is 0 Å². The standard InChI is InChI=1S/C13H22O/c1-2-10-6-8-11(9-7-10)12-4-3-5-13(12)14/h10-12H,2-9H2,1H3. The van der Waals surface area contributed by atoms with Crippen molar-refractivity contribution >= 4 is 5.78 Å². The van der Waals surface area contributed by atoms with Crippen LogP contribution >= 0.6 is 0 Å². The molecule has 1 atom stereocenters. The molecule has 0 spiro atoms. The number of carbonyl (C=O) groups is 1. The van der Waals surface area contributed by atoms with Crippen LogP contribution in [-0.2, 0) is 4.79 Å². The normalized spacial score (nSPS) is 38.9. The number of hydrogen-bond donors (Lipinski definition) is 0. The zero-order valence-corrected chi connectivity index (χ0v) is 9.30. The summed E-state index contributed by atoms with van der Waals surface area (Å²) >= 11 is 0. The summed E-state index contributed by atoms with van der Waals surface area (Å²) in [5, 5.41) is 0. The summed E-state index contributed by atoms with van der Waals surface area (Å²) in [5.41, 5.74) is 0. The van der Waals surface area contributed by atoms with Gasteiger partial charge in [-0.15, -0.1) is 0 Å². The van der Waals surface area contributed by atoms with E-state index in [-0.39, 0.29) is 0 Å². The molecule has 0 heterocycles. The van der Waals surface area contributed by atoms with Gasteiger partial charge < -0.3 is 0 Å². The van der Waals surface area contributed by atoms with Gasteiger partial charge in [-0.05, 0) is 37.5 Å². The van der Waals surface area contributed by atoms with Gasteiger partial charge in [0.05, 0.1) is 0 Å². The van der Waals surface area contributed by atoms with Crippen LogP contribution in [0.5, 0.6) is 0 Å². The van der Waals surface area contributed by atoms with E-state index in [1.807, 2.05) is 0 Å². The van der Waals surface area contributed by atoms with Crippen LogP contribution < -0.4 is 0 Å². The Morgan fingerprint density at radius 1 is 1.14 bits per heavy atom. The lowest BCUT2D eigenvalue weighted by atomic mass is 9.74. The van der Waals surface area contributed by atoms with Crippen molar-refractivity contribution in [1.29, 1.82) is 0 Å². The SMILES string of the molecule is CCC1CCC(C2CCCC2=O)CC1. The zero-order valence-electron chi connectivity index (χ0n) is 9.30. The van der Waals surface area contributed by atoms with Crippen LogP contribution in [0.4, 0.5) is 0 Å². The second-order valence-corrected chi connectivity index (χ2v) is 5.15. The number of carbonyl (C=O) groups excluding carboxylic acids is 1. The molecule has 0 N–H and O–H groups in total. The summed E-state index contributed by atoms with van der Waals surface area (Å²) < 4.78 is 0. The van der Waals surface area contributed by atoms with Crippen molar-refractivity contribution in [2.24, 2.45) is 17.8 Å². The summed E-state index contributed by atoms with van der Waals surface area (Å²) in [6.45, 7) is 2.30. The molecule has 14 heavy (non-hydrogen) atoms. The van der Waals surface area contributed by atoms with Gasteiger partial charge in [0.1, 0.15) is 5.78 Å². The molecule has 1 nitrogen and oxygen atoms in total. The molecule has 2 aliphatic rings. The molecular formula is C13H22O. The van der Waals surface area contributed by atoms with Gasteiger partial charge in [-0.3, -0.25) is 4.79 Å². The maximum absolute atomic E-state index is 11.6. The molecule has 2 rings (SSSR count). The molecule has 2 aliphatic carbocycles. The average molecular weight is 194 g/mol. The van der Waals surface area contributed by atoms with Gasteiger partial charge in [0.2, 0.25) is 0 Å². The minimum Gasteiger partial charge on any atom is -0.299 e. The Bertz CT molecular complexity index is 201. The van der Waals surface area contributed by atoms with Crippen LogP contribution in [-0.4, -0.2) is 5.78 Å². The first-order valence-corrected chi connectivity index (χ1v) is 6.34. The van der Waals surface area contributed by atoms with E-state index in [0.717, 1.165) is 24.7 Å². The van der Waals surface area contributed by atoms with E-state index >= 15 is 0 Å². The van der Waals surface area contributed by atoms with E-state index in [4.69, 9.17) is 0 Å². The van der Waals surface area contributed by atoms with Gasteiger partial charge in [0.15, 0.2) is 0 Å². The maximum Gasteiger partial charge on any atom is 0.136 e. The molecule has 0 aliphatic heterocycles. The Balaban J connectivity index is 1.85. The molecule has 0 amide bonds. The average Bonchev–Trinajstić information content (AvgIpc) is 2.65. The van der Waals surface area contributed by atoms with Crippen LogP contribution in [0.1, 0.15) is 58.3 Å². The van der Waals surface area contributed by atoms with E-state index in [1.54, 1.807) is 0 Å². The molecule has 0 aromatic rings. The molecule has 2 fully saturated rings. The number of Topliss-reactive ketones (excluding diaryl/α,β-unsaturated/α-hetero) is 1. The van der Waals surface area contributed by atoms with E-state index < -0.39 is 0 Å². The van der Waals surface area contributed by atoms with E-state index in [2.05, 4.69) is 6.92 Å². The van der Waals surface area contributed by atoms with Crippen LogP contribution in [0.3, 0.4) is 0 Å². The first-order valence-electron chi connectivity index (χ1n) is 6.34. The molecule has 1 unspecified atom stereocenters. The molecule has 2 saturated carbocycles. The highest BCUT2D eigenvalue weighted by atomic mass is 16.1. The number of ketones is 1. The molecule has 0 saturated heterocycles. The molecule has 0 aromatic heterocycles. The minimum atomic E-state index is 0.466. The fourth-order valence-electron chi connectivity index (χ4n) is 3.34. The predicted octanol–water partition coefficient (Wildman–Crippen LogP) is 3.57. The van der Waals surface area contributed by atoms with Crippen LogP contribution in [0.2, 0.25) is 0 Å². The van der Waals surface area contributed by atoms with Crippen molar-refractivity contribution in [2.45, 2.75) is 58.3 Å². The first-order chi connectivity index (χ1) is 6.81. The fourth-order valence-corrected chi connectivity index (χ4v) is 3.34. The molecular weight excluding hydrogens is 172 g/mol. The summed E-state index contributed by atoms with van der Waals surface area (Å²) in [6.07, 6.45) is 9.99. The zero-order chi connectivity index (χ0) is 9.97. The highest BCUT2D eigenvalue weighted by Crippen LogP contribution is 2.39. The molecule has 0 bridgehead atoms. The molecule has 0 radical (unpaired) electrons. The molecule has 1 heteroatoms. The van der Waals surface area contributed by atoms with Crippen molar-refractivity contribution in [2.75, 3.05) is 0 Å². The Labute approximate surface area is 87.3 Å². The topological polar surface area (TPSA) is 17.1 Å². The first kappa shape index (κ1) is 10.2. The Kier molecular flexibility index (Phi) is 3.25. The largest absolute Gasteiger partial charge is 0.299 e. The van der Waals surface area contributed by atoms with Crippen LogP contribution in [0.15, 0.2) is 0 Å². The third-order valence-corrected chi connectivity index (χ3v) is 4.39. The molecule has 80 valence electrons. The van der Waals surface area contributed by atoms with Gasteiger partial charge in [-0.25, -0.2) is 0 Å². The lowest BCUT2D eigenvalue weighted by Gasteiger charge is -2.30. The minimum absolute atomic E-state index is 0.466. The smallest absolute Gasteiger partial charge is 0.136 e. The number of hydrogen-bond acceptors (Lipinski definition) is 1. The van der Waals surface area contributed by atoms with Gasteiger partial charge in [0, 0.05) is 12.3 Å². The van der Waals surface area contributed by atoms with Crippen LogP contribution in [0, 0.1) is 17.8 Å². The lowest BCUT2D eigenvalue weighted by molar-refractivity contribution is -0.122. The quantitative estimate of drug-likeness (QED) is 0.656. The van der Waals surface area contributed by atoms with Crippen molar-refractivity contribution in [3.63, 3.8) is 0 Å².